The van der Waals surface area contributed by atoms with Crippen molar-refractivity contribution in [2.75, 3.05) is 18.2 Å². The van der Waals surface area contributed by atoms with Crippen molar-refractivity contribution in [3.8, 4) is 5.75 Å². The molecule has 0 fully saturated rings. The molecule has 0 atom stereocenters. The summed E-state index contributed by atoms with van der Waals surface area (Å²) in [4.78, 5) is 19.6. The van der Waals surface area contributed by atoms with Crippen LogP contribution in [0.25, 0.3) is 0 Å². The predicted molar refractivity (Wildman–Crippen MR) is 80.8 cm³/mol. The second kappa shape index (κ2) is 5.79. The third-order valence-electron chi connectivity index (χ3n) is 2.65. The first-order valence-corrected chi connectivity index (χ1v) is 6.23. The summed E-state index contributed by atoms with van der Waals surface area (Å²) in [5, 5.41) is 2.60. The van der Waals surface area contributed by atoms with Crippen molar-refractivity contribution in [3.05, 3.63) is 35.8 Å². The normalized spacial score (nSPS) is 10.2. The van der Waals surface area contributed by atoms with Crippen LogP contribution < -0.4 is 15.8 Å². The van der Waals surface area contributed by atoms with Gasteiger partial charge in [-0.3, -0.25) is 4.79 Å². The number of nitrogens with one attached hydrogen (secondary N) is 1. The molecule has 20 heavy (non-hydrogen) atoms. The van der Waals surface area contributed by atoms with Crippen LogP contribution in [0.2, 0.25) is 0 Å². The summed E-state index contributed by atoms with van der Waals surface area (Å²) in [7, 11) is 1.56. The van der Waals surface area contributed by atoms with Crippen LogP contribution in [0.3, 0.4) is 0 Å². The first kappa shape index (κ1) is 14.1. The van der Waals surface area contributed by atoms with Crippen LogP contribution in [0.15, 0.2) is 24.4 Å². The molecule has 0 aliphatic heterocycles. The number of benzene rings is 1. The largest absolute Gasteiger partial charge is 0.497 e. The van der Waals surface area contributed by atoms with E-state index in [1.54, 1.807) is 32.2 Å². The van der Waals surface area contributed by atoms with Gasteiger partial charge >= 0.3 is 0 Å². The number of aromatic nitrogens is 2. The first-order chi connectivity index (χ1) is 9.51. The van der Waals surface area contributed by atoms with Gasteiger partial charge in [0.25, 0.3) is 0 Å². The number of hydrogen-bond acceptors (Lipinski definition) is 6. The minimum atomic E-state index is -0.417. The molecular formula is C13H14N4O2S. The van der Waals surface area contributed by atoms with E-state index in [2.05, 4.69) is 27.9 Å². The number of nitrogen functional groups attached to an aromatic ring is 1. The Morgan fingerprint density at radius 1 is 1.45 bits per heavy atom. The maximum atomic E-state index is 11.4. The molecule has 0 bridgehead atoms. The van der Waals surface area contributed by atoms with Gasteiger partial charge in [-0.05, 0) is 19.1 Å². The number of ether oxygens (including phenoxy) is 1. The van der Waals surface area contributed by atoms with Crippen LogP contribution in [0.1, 0.15) is 16.2 Å². The van der Waals surface area contributed by atoms with Crippen LogP contribution in [-0.2, 0) is 0 Å². The number of hydrogen-bond donors (Lipinski definition) is 3. The molecule has 0 amide bonds. The number of nitrogens with zero attached hydrogens (tertiary/aromatic N) is 2. The number of anilines is 3. The number of methoxy groups -OCH3 is 1. The maximum Gasteiger partial charge on any atom is 0.221 e. The Bertz CT molecular complexity index is 661. The summed E-state index contributed by atoms with van der Waals surface area (Å²) >= 11 is 3.81. The van der Waals surface area contributed by atoms with Crippen molar-refractivity contribution in [2.45, 2.75) is 6.92 Å². The summed E-state index contributed by atoms with van der Waals surface area (Å²) in [5.74, 6) is 1.56. The Morgan fingerprint density at radius 2 is 2.20 bits per heavy atom. The maximum absolute atomic E-state index is 11.4. The number of rotatable bonds is 4. The molecule has 0 aliphatic carbocycles. The summed E-state index contributed by atoms with van der Waals surface area (Å²) in [6, 6.07) is 5.19. The minimum absolute atomic E-state index is 0.286. The predicted octanol–water partition coefficient (Wildman–Crippen LogP) is 2.19. The van der Waals surface area contributed by atoms with Crippen molar-refractivity contribution in [2.24, 2.45) is 0 Å². The van der Waals surface area contributed by atoms with Gasteiger partial charge in [-0.25, -0.2) is 9.97 Å². The van der Waals surface area contributed by atoms with Crippen molar-refractivity contribution in [1.82, 2.24) is 9.97 Å². The van der Waals surface area contributed by atoms with Gasteiger partial charge in [-0.2, -0.15) is 0 Å². The second-order valence-corrected chi connectivity index (χ2v) is 4.47. The number of thiol groups is 1. The zero-order valence-corrected chi connectivity index (χ0v) is 11.9. The highest BCUT2D eigenvalue weighted by Crippen LogP contribution is 2.28. The molecule has 1 heterocycles. The Morgan fingerprint density at radius 3 is 2.80 bits per heavy atom. The lowest BCUT2D eigenvalue weighted by Gasteiger charge is -2.12. The van der Waals surface area contributed by atoms with Crippen molar-refractivity contribution in [1.29, 1.82) is 0 Å². The van der Waals surface area contributed by atoms with E-state index in [4.69, 9.17) is 10.5 Å². The van der Waals surface area contributed by atoms with E-state index in [1.165, 1.54) is 6.20 Å². The molecule has 0 radical (unpaired) electrons. The molecule has 2 rings (SSSR count). The molecule has 6 nitrogen and oxygen atoms in total. The zero-order valence-electron chi connectivity index (χ0n) is 11.0. The van der Waals surface area contributed by atoms with E-state index in [-0.39, 0.29) is 5.56 Å². The van der Waals surface area contributed by atoms with Crippen molar-refractivity contribution in [3.63, 3.8) is 0 Å². The third kappa shape index (κ3) is 3.00. The van der Waals surface area contributed by atoms with E-state index in [0.717, 1.165) is 0 Å². The van der Waals surface area contributed by atoms with Crippen molar-refractivity contribution >= 4 is 34.9 Å². The quantitative estimate of drug-likeness (QED) is 0.590. The molecule has 0 aliphatic rings. The smallest absolute Gasteiger partial charge is 0.221 e. The van der Waals surface area contributed by atoms with E-state index in [0.29, 0.717) is 28.8 Å². The van der Waals surface area contributed by atoms with Gasteiger partial charge in [0.15, 0.2) is 0 Å². The van der Waals surface area contributed by atoms with Crippen LogP contribution in [0, 0.1) is 6.92 Å². The number of carbonyl (C=O) groups is 1. The topological polar surface area (TPSA) is 90.1 Å². The first-order valence-electron chi connectivity index (χ1n) is 5.78. The fourth-order valence-corrected chi connectivity index (χ4v) is 1.79. The second-order valence-electron chi connectivity index (χ2n) is 4.06. The molecule has 0 saturated carbocycles. The van der Waals surface area contributed by atoms with E-state index in [9.17, 15) is 4.79 Å². The lowest BCUT2D eigenvalue weighted by atomic mass is 10.2. The van der Waals surface area contributed by atoms with E-state index < -0.39 is 5.12 Å². The van der Waals surface area contributed by atoms with Crippen molar-refractivity contribution < 1.29 is 9.53 Å². The lowest BCUT2D eigenvalue weighted by molar-refractivity contribution is 0.109. The molecule has 3 N–H and O–H groups in total. The van der Waals surface area contributed by atoms with Crippen LogP contribution >= 0.6 is 12.6 Å². The van der Waals surface area contributed by atoms with Gasteiger partial charge in [-0.1, -0.05) is 0 Å². The average Bonchev–Trinajstić information content (AvgIpc) is 2.40. The molecule has 0 unspecified atom stereocenters. The summed E-state index contributed by atoms with van der Waals surface area (Å²) < 4.78 is 5.08. The standard InChI is InChI=1S/C13H14N4O2S/c1-7-15-6-9(13(18)20)12(16-7)17-11-4-3-8(19-2)5-10(11)14/h3-6H,14H2,1-2H3,(H,18,20)(H,15,16,17). The number of carbonyl (C=O) groups excluding carboxylic acids is 1. The van der Waals surface area contributed by atoms with Gasteiger partial charge in [-0.15, -0.1) is 12.6 Å². The third-order valence-corrected chi connectivity index (χ3v) is 2.89. The Balaban J connectivity index is 2.39. The molecule has 1 aromatic carbocycles. The minimum Gasteiger partial charge on any atom is -0.497 e. The molecule has 1 aromatic heterocycles. The highest BCUT2D eigenvalue weighted by atomic mass is 32.1. The Kier molecular flexibility index (Phi) is 4.09. The summed E-state index contributed by atoms with van der Waals surface area (Å²) in [6.45, 7) is 1.73. The molecular weight excluding hydrogens is 276 g/mol. The summed E-state index contributed by atoms with van der Waals surface area (Å²) in [5.41, 5.74) is 7.31. The Hall–Kier alpha value is -2.28. The fourth-order valence-electron chi connectivity index (χ4n) is 1.63. The molecule has 0 saturated heterocycles. The SMILES string of the molecule is COc1ccc(Nc2nc(C)ncc2C(=O)S)c(N)c1. The van der Waals surface area contributed by atoms with E-state index >= 15 is 0 Å². The number of nitrogens with two attached hydrogens (primary N) is 1. The van der Waals surface area contributed by atoms with Gasteiger partial charge in [0.1, 0.15) is 17.4 Å². The molecule has 104 valence electrons. The highest BCUT2D eigenvalue weighted by Gasteiger charge is 2.12. The lowest BCUT2D eigenvalue weighted by Crippen LogP contribution is -2.06. The van der Waals surface area contributed by atoms with Gasteiger partial charge in [0.2, 0.25) is 5.12 Å². The van der Waals surface area contributed by atoms with Crippen LogP contribution in [0.4, 0.5) is 17.2 Å². The monoisotopic (exact) mass is 290 g/mol. The molecule has 7 heteroatoms. The van der Waals surface area contributed by atoms with Gasteiger partial charge in [0, 0.05) is 12.3 Å². The van der Waals surface area contributed by atoms with Crippen LogP contribution in [-0.4, -0.2) is 22.2 Å². The van der Waals surface area contributed by atoms with Gasteiger partial charge in [0.05, 0.1) is 24.0 Å². The number of aryl methyl sites for hydroxylation is 1. The fraction of sp³-hybridized carbons (Fsp3) is 0.154. The Labute approximate surface area is 121 Å². The molecule has 0 spiro atoms. The van der Waals surface area contributed by atoms with E-state index in [1.807, 2.05) is 0 Å². The highest BCUT2D eigenvalue weighted by molar-refractivity contribution is 7.97. The summed E-state index contributed by atoms with van der Waals surface area (Å²) in [6.07, 6.45) is 1.43. The zero-order chi connectivity index (χ0) is 14.7. The van der Waals surface area contributed by atoms with Crippen LogP contribution in [0.5, 0.6) is 5.75 Å². The molecule has 2 aromatic rings. The van der Waals surface area contributed by atoms with Gasteiger partial charge < -0.3 is 15.8 Å². The average molecular weight is 290 g/mol.